The van der Waals surface area contributed by atoms with E-state index in [1.165, 1.54) is 23.0 Å². The Labute approximate surface area is 489 Å². The maximum Gasteiger partial charge on any atom is 2.00 e. The number of hydrogen-bond donors (Lipinski definition) is 4. The molecule has 8 N–H and O–H groups in total. The van der Waals surface area contributed by atoms with Crippen LogP contribution in [0, 0.1) is 149 Å². The molecule has 0 heterocycles. The van der Waals surface area contributed by atoms with Gasteiger partial charge < -0.3 is 54.9 Å². The van der Waals surface area contributed by atoms with Gasteiger partial charge in [-0.3, -0.25) is 0 Å². The van der Waals surface area contributed by atoms with Gasteiger partial charge in [0.25, 0.3) is 0 Å². The molecule has 0 amide bonds. The van der Waals surface area contributed by atoms with Gasteiger partial charge in [0.05, 0.1) is 0 Å². The van der Waals surface area contributed by atoms with Crippen molar-refractivity contribution < 1.29 is 139 Å². The van der Waals surface area contributed by atoms with Gasteiger partial charge in [0, 0.05) is 39.4 Å². The van der Waals surface area contributed by atoms with Crippen molar-refractivity contribution in [1.82, 2.24) is 0 Å². The van der Waals surface area contributed by atoms with Crippen molar-refractivity contribution in [2.45, 2.75) is 40.5 Å². The quantitative estimate of drug-likeness (QED) is 0.0298. The molecule has 0 saturated heterocycles. The van der Waals surface area contributed by atoms with Crippen LogP contribution in [0.25, 0.3) is 0 Å². The second-order valence-electron chi connectivity index (χ2n) is 15.9. The molecule has 82 heavy (non-hydrogen) atoms. The molecule has 6 aromatic rings. The summed E-state index contributed by atoms with van der Waals surface area (Å²) >= 11 is 0. The summed E-state index contributed by atoms with van der Waals surface area (Å²) in [4.78, 5) is 0. The molecule has 0 atom stereocenters. The minimum atomic E-state index is -7.22. The van der Waals surface area contributed by atoms with Crippen LogP contribution in [-0.4, -0.2) is 45.5 Å². The molecule has 456 valence electrons. The Morgan fingerprint density at radius 1 is 0.366 bits per heavy atom. The van der Waals surface area contributed by atoms with Gasteiger partial charge >= 0.3 is 34.1 Å². The Hall–Kier alpha value is -4.89. The van der Waals surface area contributed by atoms with E-state index in [2.05, 4.69) is 80.9 Å². The first-order valence-electron chi connectivity index (χ1n) is 22.4. The number of hydrogen-bond acceptors (Lipinski definition) is 5. The summed E-state index contributed by atoms with van der Waals surface area (Å²) in [5, 5.41) is 0. The van der Waals surface area contributed by atoms with Crippen molar-refractivity contribution in [2.24, 2.45) is 22.9 Å². The van der Waals surface area contributed by atoms with Gasteiger partial charge in [0.2, 0.25) is 0 Å². The molecule has 6 aromatic carbocycles. The van der Waals surface area contributed by atoms with Gasteiger partial charge in [0.1, 0.15) is 52.7 Å². The fraction of sp³-hybridized carbons (Fsp3) is 0.226. The zero-order valence-electron chi connectivity index (χ0n) is 44.0. The Morgan fingerprint density at radius 3 is 0.683 bits per heavy atom. The average molecular weight is 1300 g/mol. The first-order chi connectivity index (χ1) is 36.2. The third-order valence-corrected chi connectivity index (χ3v) is 10.6. The monoisotopic (exact) mass is 1300 g/mol. The van der Waals surface area contributed by atoms with Crippen LogP contribution >= 0.6 is 0 Å². The van der Waals surface area contributed by atoms with Crippen molar-refractivity contribution >= 4 is 28.0 Å². The third kappa shape index (κ3) is 19.1. The summed E-state index contributed by atoms with van der Waals surface area (Å²) in [6.45, 7) is 12.5. The van der Waals surface area contributed by atoms with E-state index in [1.54, 1.807) is 0 Å². The van der Waals surface area contributed by atoms with Gasteiger partial charge in [0.15, 0.2) is 69.8 Å². The van der Waals surface area contributed by atoms with E-state index in [4.69, 9.17) is 27.7 Å². The second kappa shape index (κ2) is 38.9. The molecule has 4 radical (unpaired) electrons. The summed E-state index contributed by atoms with van der Waals surface area (Å²) in [5.41, 5.74) is 8.04. The molecule has 6 rings (SSSR count). The van der Waals surface area contributed by atoms with Crippen LogP contribution in [-0.2, 0) is 51.7 Å². The third-order valence-electron chi connectivity index (χ3n) is 10.6. The van der Waals surface area contributed by atoms with Crippen LogP contribution < -0.4 is 57.2 Å². The molecule has 0 spiro atoms. The predicted octanol–water partition coefficient (Wildman–Crippen LogP) is 7.46. The minimum Gasteiger partial charge on any atom is -1.00 e. The van der Waals surface area contributed by atoms with E-state index >= 15 is 35.1 Å². The van der Waals surface area contributed by atoms with E-state index in [1.807, 2.05) is 13.8 Å². The minimum absolute atomic E-state index is 0. The van der Waals surface area contributed by atoms with Crippen LogP contribution in [0.4, 0.5) is 87.8 Å². The first kappa shape index (κ1) is 83.6. The zero-order valence-corrected chi connectivity index (χ0v) is 47.1. The fourth-order valence-electron chi connectivity index (χ4n) is 7.44. The fourth-order valence-corrected chi connectivity index (χ4v) is 7.44. The zero-order chi connectivity index (χ0) is 58.8. The van der Waals surface area contributed by atoms with Crippen molar-refractivity contribution in [3.8, 4) is 0 Å². The summed E-state index contributed by atoms with van der Waals surface area (Å²) in [6, 6.07) is 21.3. The van der Waals surface area contributed by atoms with Crippen LogP contribution in [0.15, 0.2) is 60.7 Å². The Kier molecular flexibility index (Phi) is 39.6. The first-order valence-corrected chi connectivity index (χ1v) is 22.4. The van der Waals surface area contributed by atoms with Gasteiger partial charge in [-0.15, -0.1) is 21.9 Å². The maximum atomic E-state index is 15.4. The van der Waals surface area contributed by atoms with E-state index in [0.717, 1.165) is 26.1 Å². The molecule has 0 aromatic heterocycles. The number of halogens is 21. The molecule has 0 bridgehead atoms. The SMILES string of the molecule is CCOCC.C[C]([CH][C](C)Cc1ccccc1)Cc1ccccc1.Fc1c(F)c(F)c([B-](c2c(F)c(F)c(F)c(F)c2F)(c2c(F)c(F)c(F)c(F)c2F)c2c(F)c(F)c(F)c(F)c2F)c(F)c1F.NCCN.NCCN.[CH3-].[CH3-].[Cl-].[Co+2].[Cr+2]. The van der Waals surface area contributed by atoms with E-state index in [9.17, 15) is 52.7 Å². The topological polar surface area (TPSA) is 113 Å². The molecule has 0 fully saturated rings. The van der Waals surface area contributed by atoms with Gasteiger partial charge in [-0.25, -0.2) is 87.8 Å². The second-order valence-corrected chi connectivity index (χ2v) is 15.9. The summed E-state index contributed by atoms with van der Waals surface area (Å²) in [7, 11) is 0. The molecule has 0 saturated carbocycles. The molecule has 0 aliphatic rings. The van der Waals surface area contributed by atoms with Gasteiger partial charge in [-0.1, -0.05) is 74.5 Å². The van der Waals surface area contributed by atoms with E-state index < -0.39 is 144 Å². The Balaban J connectivity index is -0.000000680. The Morgan fingerprint density at radius 2 is 0.537 bits per heavy atom. The predicted molar refractivity (Wildman–Crippen MR) is 263 cm³/mol. The smallest absolute Gasteiger partial charge is 1.00 e. The van der Waals surface area contributed by atoms with Crippen LogP contribution in [0.2, 0.25) is 0 Å². The Bertz CT molecular complexity index is 2470. The van der Waals surface area contributed by atoms with Crippen LogP contribution in [0.5, 0.6) is 0 Å². The summed E-state index contributed by atoms with van der Waals surface area (Å²) in [6.07, 6.45) is -2.83. The molecular formula is C53H53BClCoCrF20N4O. The van der Waals surface area contributed by atoms with E-state index in [-0.39, 0.29) is 61.4 Å². The van der Waals surface area contributed by atoms with Crippen molar-refractivity contribution in [2.75, 3.05) is 39.4 Å². The van der Waals surface area contributed by atoms with Gasteiger partial charge in [-0.2, -0.15) is 0 Å². The molecule has 0 unspecified atom stereocenters. The number of ether oxygens (including phenoxy) is 1. The number of rotatable bonds is 14. The maximum absolute atomic E-state index is 15.4. The standard InChI is InChI=1S/C24BF20.C19H21.C4H10O.2C2H8N2.2CH3.ClH.Co.Cr/c26-5-1(6(27)14(35)21(42)13(5)34)25(2-7(28)15(36)22(43)16(37)8(2)29,3-9(30)17(38)23(44)18(39)10(3)31)4-11(32)19(40)24(45)20(41)12(4)33;1-16(14-18-9-5-3-6-10-18)13-17(2)15-19-11-7-4-8-12-19;1-3-5-4-2;2*3-1-2-4;;;;;/h;3-13H,14-15H2,1-2H3;3-4H2,1-2H3;2*1-4H2;2*1H3;1H;;/q-1;;;;;2*-1;;2*+2/p-1. The van der Waals surface area contributed by atoms with Crippen molar-refractivity contribution in [3.63, 3.8) is 0 Å². The van der Waals surface area contributed by atoms with E-state index in [0.29, 0.717) is 26.2 Å². The molecule has 5 nitrogen and oxygen atoms in total. The van der Waals surface area contributed by atoms with Crippen LogP contribution in [0.1, 0.15) is 38.8 Å². The molecule has 29 heteroatoms. The average Bonchev–Trinajstić information content (AvgIpc) is 3.41. The normalized spacial score (nSPS) is 10.4. The number of nitrogens with two attached hydrogens (primary N) is 4. The number of benzene rings is 6. The summed E-state index contributed by atoms with van der Waals surface area (Å²) < 4.78 is 299. The van der Waals surface area contributed by atoms with Crippen molar-refractivity contribution in [3.05, 3.63) is 221 Å². The molecular weight excluding hydrogens is 1250 g/mol. The molecule has 0 aliphatic carbocycles. The van der Waals surface area contributed by atoms with Gasteiger partial charge in [-0.05, 0) is 56.1 Å². The largest absolute Gasteiger partial charge is 2.00 e. The summed E-state index contributed by atoms with van der Waals surface area (Å²) in [5.74, 6) is -68.6. The van der Waals surface area contributed by atoms with Crippen molar-refractivity contribution in [1.29, 1.82) is 0 Å². The molecule has 0 aliphatic heterocycles. The van der Waals surface area contributed by atoms with Crippen LogP contribution in [0.3, 0.4) is 0 Å².